The molecule has 0 saturated carbocycles. The van der Waals surface area contributed by atoms with Gasteiger partial charge in [-0.1, -0.05) is 58.4 Å². The number of hydrogen-bond acceptors (Lipinski definition) is 4. The summed E-state index contributed by atoms with van der Waals surface area (Å²) in [5, 5.41) is 0. The summed E-state index contributed by atoms with van der Waals surface area (Å²) in [6.07, 6.45) is -0.337. The van der Waals surface area contributed by atoms with Crippen molar-refractivity contribution < 1.29 is 19.1 Å². The topological polar surface area (TPSA) is 55.8 Å². The first-order valence-corrected chi connectivity index (χ1v) is 9.36. The van der Waals surface area contributed by atoms with Crippen molar-refractivity contribution in [3.63, 3.8) is 0 Å². The predicted octanol–water partition coefficient (Wildman–Crippen LogP) is 4.25. The minimum atomic E-state index is -0.578. The lowest BCUT2D eigenvalue weighted by Crippen LogP contribution is -2.39. The number of nitrogens with zero attached hydrogens (tertiary/aromatic N) is 1. The van der Waals surface area contributed by atoms with Crippen molar-refractivity contribution in [1.82, 2.24) is 4.90 Å². The van der Waals surface area contributed by atoms with Crippen molar-refractivity contribution in [2.45, 2.75) is 18.6 Å². The summed E-state index contributed by atoms with van der Waals surface area (Å²) in [5.41, 5.74) is 1.83. The monoisotopic (exact) mass is 415 g/mol. The number of imide groups is 1. The standard InChI is InChI=1S/C20H18BrNO4/c21-15-8-6-14(7-9-15)18-16(10-11-25-18)19(23)22-17(12-26-20(22)24)13-4-2-1-3-5-13/h1-9,16-18H,10-12H2/t16-,17-,18-/m1/s1. The van der Waals surface area contributed by atoms with Crippen LogP contribution in [0.2, 0.25) is 0 Å². The number of ether oxygens (including phenoxy) is 2. The lowest BCUT2D eigenvalue weighted by Gasteiger charge is -2.25. The number of carbonyl (C=O) groups excluding carboxylic acids is 2. The summed E-state index contributed by atoms with van der Waals surface area (Å²) < 4.78 is 12.0. The summed E-state index contributed by atoms with van der Waals surface area (Å²) >= 11 is 3.42. The molecule has 0 bridgehead atoms. The zero-order valence-electron chi connectivity index (χ0n) is 14.0. The fourth-order valence-electron chi connectivity index (χ4n) is 3.59. The maximum atomic E-state index is 13.2. The van der Waals surface area contributed by atoms with E-state index in [4.69, 9.17) is 9.47 Å². The molecule has 2 amide bonds. The highest BCUT2D eigenvalue weighted by atomic mass is 79.9. The zero-order valence-corrected chi connectivity index (χ0v) is 15.6. The highest BCUT2D eigenvalue weighted by Crippen LogP contribution is 2.39. The molecule has 0 radical (unpaired) electrons. The van der Waals surface area contributed by atoms with E-state index < -0.39 is 12.0 Å². The van der Waals surface area contributed by atoms with Gasteiger partial charge in [0.1, 0.15) is 12.6 Å². The van der Waals surface area contributed by atoms with E-state index in [1.807, 2.05) is 54.6 Å². The van der Waals surface area contributed by atoms with Crippen LogP contribution in [0.1, 0.15) is 29.7 Å². The molecule has 2 saturated heterocycles. The van der Waals surface area contributed by atoms with Crippen LogP contribution in [0, 0.1) is 5.92 Å². The van der Waals surface area contributed by atoms with Crippen LogP contribution in [0.5, 0.6) is 0 Å². The van der Waals surface area contributed by atoms with Gasteiger partial charge in [-0.2, -0.15) is 0 Å². The Morgan fingerprint density at radius 3 is 2.50 bits per heavy atom. The number of benzene rings is 2. The largest absolute Gasteiger partial charge is 0.446 e. The average Bonchev–Trinajstić information content (AvgIpc) is 3.29. The Labute approximate surface area is 160 Å². The van der Waals surface area contributed by atoms with E-state index >= 15 is 0 Å². The molecule has 0 spiro atoms. The normalized spacial score (nSPS) is 25.3. The maximum Gasteiger partial charge on any atom is 0.417 e. The molecule has 3 atom stereocenters. The first-order valence-electron chi connectivity index (χ1n) is 8.57. The Hall–Kier alpha value is -2.18. The highest BCUT2D eigenvalue weighted by molar-refractivity contribution is 9.10. The van der Waals surface area contributed by atoms with Gasteiger partial charge in [0.25, 0.3) is 0 Å². The molecule has 5 nitrogen and oxygen atoms in total. The van der Waals surface area contributed by atoms with Gasteiger partial charge >= 0.3 is 6.09 Å². The van der Waals surface area contributed by atoms with Crippen molar-refractivity contribution in [3.8, 4) is 0 Å². The van der Waals surface area contributed by atoms with Gasteiger partial charge in [0.05, 0.1) is 12.0 Å². The number of halogens is 1. The van der Waals surface area contributed by atoms with Crippen LogP contribution in [0.3, 0.4) is 0 Å². The van der Waals surface area contributed by atoms with E-state index in [2.05, 4.69) is 15.9 Å². The molecule has 4 rings (SSSR count). The van der Waals surface area contributed by atoms with E-state index in [-0.39, 0.29) is 24.7 Å². The van der Waals surface area contributed by atoms with Crippen LogP contribution >= 0.6 is 15.9 Å². The van der Waals surface area contributed by atoms with Crippen LogP contribution in [0.15, 0.2) is 59.1 Å². The van der Waals surface area contributed by atoms with Gasteiger partial charge in [0.2, 0.25) is 5.91 Å². The Kier molecular flexibility index (Phi) is 4.78. The molecule has 26 heavy (non-hydrogen) atoms. The molecule has 0 unspecified atom stereocenters. The molecule has 2 aromatic carbocycles. The van der Waals surface area contributed by atoms with Crippen molar-refractivity contribution in [2.75, 3.05) is 13.2 Å². The Balaban J connectivity index is 1.60. The van der Waals surface area contributed by atoms with Crippen LogP contribution in [-0.2, 0) is 14.3 Å². The SMILES string of the molecule is O=C1OC[C@H](c2ccccc2)N1C(=O)[C@@H]1CCO[C@@H]1c1ccc(Br)cc1. The van der Waals surface area contributed by atoms with E-state index in [0.717, 1.165) is 15.6 Å². The van der Waals surface area contributed by atoms with Crippen LogP contribution < -0.4 is 0 Å². The number of carbonyl (C=O) groups is 2. The molecule has 134 valence electrons. The van der Waals surface area contributed by atoms with Gasteiger partial charge in [-0.15, -0.1) is 0 Å². The Bertz CT molecular complexity index is 808. The van der Waals surface area contributed by atoms with Crippen molar-refractivity contribution >= 4 is 27.9 Å². The fourth-order valence-corrected chi connectivity index (χ4v) is 3.85. The first kappa shape index (κ1) is 17.2. The number of hydrogen-bond donors (Lipinski definition) is 0. The van der Waals surface area contributed by atoms with Crippen molar-refractivity contribution in [3.05, 3.63) is 70.2 Å². The maximum absolute atomic E-state index is 13.2. The molecule has 2 aliphatic rings. The molecule has 2 fully saturated rings. The minimum Gasteiger partial charge on any atom is -0.446 e. The first-order chi connectivity index (χ1) is 12.6. The summed E-state index contributed by atoms with van der Waals surface area (Å²) in [6, 6.07) is 16.9. The number of amides is 2. The summed E-state index contributed by atoms with van der Waals surface area (Å²) in [5.74, 6) is -0.625. The highest BCUT2D eigenvalue weighted by Gasteiger charge is 2.45. The quantitative estimate of drug-likeness (QED) is 0.751. The molecular weight excluding hydrogens is 398 g/mol. The lowest BCUT2D eigenvalue weighted by molar-refractivity contribution is -0.135. The molecule has 2 heterocycles. The van der Waals surface area contributed by atoms with Gasteiger partial charge in [-0.05, 0) is 29.7 Å². The molecule has 2 aromatic rings. The second-order valence-corrected chi connectivity index (χ2v) is 7.37. The van der Waals surface area contributed by atoms with Crippen molar-refractivity contribution in [2.24, 2.45) is 5.92 Å². The Morgan fingerprint density at radius 2 is 1.77 bits per heavy atom. The second-order valence-electron chi connectivity index (χ2n) is 6.45. The van der Waals surface area contributed by atoms with Crippen molar-refractivity contribution in [1.29, 1.82) is 0 Å². The van der Waals surface area contributed by atoms with E-state index in [9.17, 15) is 9.59 Å². The van der Waals surface area contributed by atoms with Gasteiger partial charge in [0.15, 0.2) is 0 Å². The molecular formula is C20H18BrNO4. The third kappa shape index (κ3) is 3.15. The summed E-state index contributed by atoms with van der Waals surface area (Å²) in [7, 11) is 0. The summed E-state index contributed by atoms with van der Waals surface area (Å²) in [4.78, 5) is 26.8. The van der Waals surface area contributed by atoms with E-state index in [1.54, 1.807) is 0 Å². The molecule has 0 N–H and O–H groups in total. The lowest BCUT2D eigenvalue weighted by atomic mass is 9.93. The van der Waals surface area contributed by atoms with Gasteiger partial charge < -0.3 is 9.47 Å². The third-order valence-electron chi connectivity index (χ3n) is 4.90. The average molecular weight is 416 g/mol. The predicted molar refractivity (Wildman–Crippen MR) is 98.3 cm³/mol. The Morgan fingerprint density at radius 1 is 1.04 bits per heavy atom. The van der Waals surface area contributed by atoms with Crippen LogP contribution in [0.4, 0.5) is 4.79 Å². The smallest absolute Gasteiger partial charge is 0.417 e. The van der Waals surface area contributed by atoms with Gasteiger partial charge in [0, 0.05) is 11.1 Å². The number of cyclic esters (lactones) is 1. The van der Waals surface area contributed by atoms with Gasteiger partial charge in [-0.25, -0.2) is 9.69 Å². The molecule has 6 heteroatoms. The van der Waals surface area contributed by atoms with E-state index in [0.29, 0.717) is 13.0 Å². The second kappa shape index (κ2) is 7.21. The zero-order chi connectivity index (χ0) is 18.1. The molecule has 2 aliphatic heterocycles. The van der Waals surface area contributed by atoms with Gasteiger partial charge in [-0.3, -0.25) is 4.79 Å². The molecule has 0 aliphatic carbocycles. The molecule has 0 aromatic heterocycles. The third-order valence-corrected chi connectivity index (χ3v) is 5.43. The van der Waals surface area contributed by atoms with Crippen LogP contribution in [0.25, 0.3) is 0 Å². The fraction of sp³-hybridized carbons (Fsp3) is 0.300. The minimum absolute atomic E-state index is 0.186. The van der Waals surface area contributed by atoms with Crippen LogP contribution in [-0.4, -0.2) is 30.1 Å². The number of rotatable bonds is 3. The van der Waals surface area contributed by atoms with E-state index in [1.165, 1.54) is 4.90 Å². The summed E-state index contributed by atoms with van der Waals surface area (Å²) in [6.45, 7) is 0.682.